The van der Waals surface area contributed by atoms with Gasteiger partial charge in [-0.3, -0.25) is 0 Å². The van der Waals surface area contributed by atoms with Crippen molar-refractivity contribution in [2.45, 2.75) is 70.2 Å². The molecule has 126 valence electrons. The fourth-order valence-corrected chi connectivity index (χ4v) is 2.17. The summed E-state index contributed by atoms with van der Waals surface area (Å²) in [4.78, 5) is 0. The van der Waals surface area contributed by atoms with E-state index in [4.69, 9.17) is 1.37 Å². The zero-order valence-corrected chi connectivity index (χ0v) is 25.8. The number of hydrogen-bond donors (Lipinski definition) is 0. The second kappa shape index (κ2) is 21.8. The normalized spacial score (nSPS) is 15.1. The molecule has 0 bridgehead atoms. The van der Waals surface area contributed by atoms with Crippen LogP contribution in [0.1, 0.15) is 71.6 Å². The minimum Gasteiger partial charge on any atom is -0.0776 e. The molecule has 0 saturated heterocycles. The Morgan fingerprint density at radius 3 is 0.700 bits per heavy atom. The van der Waals surface area contributed by atoms with Crippen molar-refractivity contribution in [3.63, 3.8) is 0 Å². The first-order valence-corrected chi connectivity index (χ1v) is 6.29. The van der Waals surface area contributed by atoms with E-state index in [1.54, 1.807) is 0 Å². The van der Waals surface area contributed by atoms with Crippen LogP contribution in [0.2, 0.25) is 0 Å². The van der Waals surface area contributed by atoms with E-state index >= 15 is 0 Å². The molecule has 0 heterocycles. The van der Waals surface area contributed by atoms with Crippen molar-refractivity contribution in [3.05, 3.63) is 0 Å². The smallest absolute Gasteiger partial charge is 0.0194 e. The third kappa shape index (κ3) is 15.6. The van der Waals surface area contributed by atoms with Gasteiger partial charge in [-0.2, -0.15) is 0 Å². The molecule has 4 heteroatoms. The van der Waals surface area contributed by atoms with Gasteiger partial charge >= 0.3 is 0 Å². The van der Waals surface area contributed by atoms with Crippen molar-refractivity contribution in [1.82, 2.24) is 0 Å². The molecule has 0 spiro atoms. The molecule has 4 atom stereocenters. The Morgan fingerprint density at radius 2 is 0.600 bits per heavy atom. The predicted molar refractivity (Wildman–Crippen MR) is 79.8 cm³/mol. The first-order valence-electron chi connectivity index (χ1n) is 7.29. The van der Waals surface area contributed by atoms with Crippen LogP contribution >= 0.6 is 0 Å². The van der Waals surface area contributed by atoms with Crippen LogP contribution in [0.5, 0.6) is 0 Å². The van der Waals surface area contributed by atoms with Crippen LogP contribution in [-0.2, 0) is 84.3 Å². The van der Waals surface area contributed by atoms with Crippen LogP contribution in [0, 0.1) is 35.5 Å². The van der Waals surface area contributed by atoms with Gasteiger partial charge in [-0.15, -0.1) is 0 Å². The average molecular weight is 967 g/mol. The maximum absolute atomic E-state index is 5.75. The van der Waals surface area contributed by atoms with E-state index in [0.717, 1.165) is 35.5 Å². The summed E-state index contributed by atoms with van der Waals surface area (Å²) in [5.41, 5.74) is 0. The van der Waals surface area contributed by atoms with Gasteiger partial charge in [0, 0.05) is 85.6 Å². The second-order valence-electron chi connectivity index (χ2n) is 5.92. The fourth-order valence-electron chi connectivity index (χ4n) is 2.17. The van der Waals surface area contributed by atoms with Gasteiger partial charge in [0.2, 0.25) is 0 Å². The Hall–Kier alpha value is 2.75. The molecule has 0 N–H and O–H groups in total. The van der Waals surface area contributed by atoms with Crippen molar-refractivity contribution < 1.29 is 85.6 Å². The van der Waals surface area contributed by atoms with Crippen molar-refractivity contribution in [2.24, 2.45) is 35.5 Å². The zero-order valence-electron chi connectivity index (χ0n) is 15.1. The number of hydrogen-bond acceptors (Lipinski definition) is 0. The molecule has 0 aliphatic heterocycles. The third-order valence-electron chi connectivity index (χ3n) is 4.59. The van der Waals surface area contributed by atoms with Gasteiger partial charge in [-0.1, -0.05) is 70.2 Å². The van der Waals surface area contributed by atoms with Gasteiger partial charge in [-0.05, 0) is 35.5 Å². The van der Waals surface area contributed by atoms with Gasteiger partial charge in [0.1, 0.15) is 0 Å². The van der Waals surface area contributed by atoms with Crippen LogP contribution < -0.4 is 0 Å². The molecule has 0 radical (unpaired) electrons. The van der Waals surface area contributed by atoms with Crippen LogP contribution in [-0.4, -0.2) is 0 Å². The third-order valence-corrected chi connectivity index (χ3v) is 4.59. The molecular formula is C16H38W4. The Morgan fingerprint density at radius 1 is 0.450 bits per heavy atom. The summed E-state index contributed by atoms with van der Waals surface area (Å²) >= 11 is 0. The minimum atomic E-state index is 0. The van der Waals surface area contributed by atoms with E-state index in [1.165, 1.54) is 7.40 Å². The zero-order chi connectivity index (χ0) is 13.5. The average Bonchev–Trinajstić information content (AvgIpc) is 2.27. The Kier molecular flexibility index (Phi) is 41.7. The monoisotopic (exact) mass is 967 g/mol. The predicted octanol–water partition coefficient (Wildman–Crippen LogP) is 6.11. The van der Waals surface area contributed by atoms with Gasteiger partial charge in [0.25, 0.3) is 0 Å². The topological polar surface area (TPSA) is 0 Å². The van der Waals surface area contributed by atoms with Gasteiger partial charge in [-0.25, -0.2) is 0 Å². The van der Waals surface area contributed by atoms with E-state index in [1.807, 2.05) is 0 Å². The molecular weight excluding hydrogens is 928 g/mol. The minimum absolute atomic E-state index is 0. The largest absolute Gasteiger partial charge is 0.0776 e. The summed E-state index contributed by atoms with van der Waals surface area (Å²) in [5.74, 6) is 4.98. The van der Waals surface area contributed by atoms with Crippen molar-refractivity contribution in [3.8, 4) is 0 Å². The molecule has 0 saturated carbocycles. The van der Waals surface area contributed by atoms with Crippen molar-refractivity contribution in [2.75, 3.05) is 0 Å². The summed E-state index contributed by atoms with van der Waals surface area (Å²) in [6.07, 6.45) is 0. The maximum atomic E-state index is 5.75. The van der Waals surface area contributed by atoms with Crippen molar-refractivity contribution >= 4 is 0 Å². The number of rotatable bonds is 5. The summed E-state index contributed by atoms with van der Waals surface area (Å²) in [6.45, 7) is 19.0. The molecule has 0 amide bonds. The van der Waals surface area contributed by atoms with Gasteiger partial charge in [0.05, 0.1) is 0 Å². The van der Waals surface area contributed by atoms with Crippen LogP contribution in [0.4, 0.5) is 0 Å². The Labute approximate surface area is 189 Å². The molecule has 0 aromatic rings. The van der Waals surface area contributed by atoms with Crippen molar-refractivity contribution in [1.29, 1.82) is 0 Å². The first-order chi connectivity index (χ1) is 7.29. The molecule has 0 rings (SSSR count). The summed E-state index contributed by atoms with van der Waals surface area (Å²) in [7, 11) is 1.25. The molecule has 0 aromatic heterocycles. The maximum Gasteiger partial charge on any atom is 0.0194 e. The van der Waals surface area contributed by atoms with E-state index in [2.05, 4.69) is 55.4 Å². The first kappa shape index (κ1) is 38.4. The van der Waals surface area contributed by atoms with Crippen LogP contribution in [0.3, 0.4) is 0 Å². The van der Waals surface area contributed by atoms with Crippen LogP contribution in [0.15, 0.2) is 0 Å². The summed E-state index contributed by atoms with van der Waals surface area (Å²) in [5, 5.41) is 0. The summed E-state index contributed by atoms with van der Waals surface area (Å²) < 4.78 is 5.75. The fraction of sp³-hybridized carbons (Fsp3) is 1.00. The van der Waals surface area contributed by atoms with Gasteiger partial charge < -0.3 is 0 Å². The Balaban J connectivity index is -0.0000000535. The molecule has 4 unspecified atom stereocenters. The molecule has 0 aliphatic rings. The molecule has 0 nitrogen and oxygen atoms in total. The van der Waals surface area contributed by atoms with E-state index < -0.39 is 0 Å². The van der Waals surface area contributed by atoms with E-state index in [0.29, 0.717) is 0 Å². The Bertz CT molecular complexity index is 148. The van der Waals surface area contributed by atoms with Gasteiger partial charge in [0.15, 0.2) is 0 Å². The second-order valence-corrected chi connectivity index (χ2v) is 5.92. The van der Waals surface area contributed by atoms with E-state index in [9.17, 15) is 0 Å². The van der Waals surface area contributed by atoms with Crippen LogP contribution in [0.25, 0.3) is 0 Å². The molecule has 0 aliphatic carbocycles. The SMILES string of the molecule is C.CC(C)C(C)C(C)C(C)C(C)C(C)C.[2H]C.[W].[W].[W].[W]. The molecule has 0 aromatic carbocycles. The van der Waals surface area contributed by atoms with E-state index in [-0.39, 0.29) is 91.7 Å². The molecule has 0 fully saturated rings. The standard InChI is InChI=1S/C14H30.2CH4.4W/c1-9(2)11(5)13(7)14(8)12(6)10(3)4;;;;;;/h9-14H,1-8H3;2*1H4;;;;/i;1D;;;;;. The quantitative estimate of drug-likeness (QED) is 0.313. The molecule has 20 heavy (non-hydrogen) atoms. The summed E-state index contributed by atoms with van der Waals surface area (Å²) in [6, 6.07) is 0.